The maximum atomic E-state index is 11.9. The highest BCUT2D eigenvalue weighted by molar-refractivity contribution is 5.85. The number of nitrogens with one attached hydrogen (secondary N) is 2. The normalized spacial score (nSPS) is 11.6. The van der Waals surface area contributed by atoms with Crippen LogP contribution in [0.5, 0.6) is 0 Å². The van der Waals surface area contributed by atoms with Gasteiger partial charge in [0.1, 0.15) is 0 Å². The van der Waals surface area contributed by atoms with Gasteiger partial charge < -0.3 is 16.4 Å². The zero-order valence-electron chi connectivity index (χ0n) is 14.5. The van der Waals surface area contributed by atoms with Gasteiger partial charge in [0.2, 0.25) is 5.91 Å². The Morgan fingerprint density at radius 1 is 1.19 bits per heavy atom. The molecule has 21 heavy (non-hydrogen) atoms. The van der Waals surface area contributed by atoms with Gasteiger partial charge in [0.25, 0.3) is 0 Å². The fraction of sp³-hybridized carbons (Fsp3) is 0.875. The van der Waals surface area contributed by atoms with Crippen molar-refractivity contribution in [1.29, 1.82) is 0 Å². The van der Waals surface area contributed by atoms with E-state index >= 15 is 0 Å². The van der Waals surface area contributed by atoms with Crippen molar-refractivity contribution in [2.45, 2.75) is 66.3 Å². The second-order valence-electron chi connectivity index (χ2n) is 5.05. The maximum Gasteiger partial charge on any atom is 0.221 e. The SMILES string of the molecule is CC.CCNC(CCCCNC(=O)CCN)C(=O)C(C)C.[HH].[HH].[HH]. The molecule has 4 N–H and O–H groups in total. The molecule has 0 aromatic heterocycles. The van der Waals surface area contributed by atoms with Crippen LogP contribution in [0.15, 0.2) is 0 Å². The van der Waals surface area contributed by atoms with Crippen molar-refractivity contribution in [2.75, 3.05) is 19.6 Å². The molecule has 0 saturated heterocycles. The molecule has 1 unspecified atom stereocenters. The Hall–Kier alpha value is -0.940. The number of hydrogen-bond donors (Lipinski definition) is 3. The van der Waals surface area contributed by atoms with E-state index in [4.69, 9.17) is 5.73 Å². The third-order valence-corrected chi connectivity index (χ3v) is 2.98. The van der Waals surface area contributed by atoms with E-state index in [1.807, 2.05) is 34.6 Å². The molecule has 0 spiro atoms. The van der Waals surface area contributed by atoms with Crippen molar-refractivity contribution in [3.63, 3.8) is 0 Å². The van der Waals surface area contributed by atoms with Gasteiger partial charge in [0.05, 0.1) is 6.04 Å². The summed E-state index contributed by atoms with van der Waals surface area (Å²) in [5, 5.41) is 6.05. The molecular weight excluding hydrogens is 266 g/mol. The van der Waals surface area contributed by atoms with E-state index in [0.29, 0.717) is 19.5 Å². The Bertz CT molecular complexity index is 281. The van der Waals surface area contributed by atoms with E-state index in [1.165, 1.54) is 0 Å². The first-order valence-corrected chi connectivity index (χ1v) is 8.26. The van der Waals surface area contributed by atoms with Gasteiger partial charge >= 0.3 is 0 Å². The highest BCUT2D eigenvalue weighted by atomic mass is 16.1. The van der Waals surface area contributed by atoms with Crippen LogP contribution in [-0.4, -0.2) is 37.4 Å². The number of rotatable bonds is 11. The molecule has 0 aromatic carbocycles. The topological polar surface area (TPSA) is 84.2 Å². The third-order valence-electron chi connectivity index (χ3n) is 2.98. The minimum absolute atomic E-state index is 0. The zero-order valence-corrected chi connectivity index (χ0v) is 14.5. The molecule has 0 bridgehead atoms. The number of carbonyl (C=O) groups excluding carboxylic acids is 2. The molecule has 1 atom stereocenters. The Labute approximate surface area is 134 Å². The lowest BCUT2D eigenvalue weighted by Gasteiger charge is -2.18. The van der Waals surface area contributed by atoms with Crippen LogP contribution in [0.4, 0.5) is 0 Å². The lowest BCUT2D eigenvalue weighted by molar-refractivity contribution is -0.124. The van der Waals surface area contributed by atoms with E-state index < -0.39 is 0 Å². The van der Waals surface area contributed by atoms with Gasteiger partial charge in [-0.25, -0.2) is 0 Å². The zero-order chi connectivity index (χ0) is 16.7. The van der Waals surface area contributed by atoms with Crippen LogP contribution >= 0.6 is 0 Å². The van der Waals surface area contributed by atoms with Crippen LogP contribution in [0.2, 0.25) is 0 Å². The second-order valence-corrected chi connectivity index (χ2v) is 5.05. The first kappa shape index (κ1) is 22.3. The quantitative estimate of drug-likeness (QED) is 0.512. The molecule has 1 amide bonds. The Morgan fingerprint density at radius 3 is 2.29 bits per heavy atom. The molecule has 0 radical (unpaired) electrons. The molecule has 0 heterocycles. The number of hydrogen-bond acceptors (Lipinski definition) is 4. The lowest BCUT2D eigenvalue weighted by atomic mass is 9.97. The average Bonchev–Trinajstić information content (AvgIpc) is 2.47. The van der Waals surface area contributed by atoms with E-state index in [0.717, 1.165) is 25.8 Å². The number of ketones is 1. The summed E-state index contributed by atoms with van der Waals surface area (Å²) in [5.41, 5.74) is 5.29. The van der Waals surface area contributed by atoms with Gasteiger partial charge in [0.15, 0.2) is 5.78 Å². The number of likely N-dealkylation sites (N-methyl/N-ethyl adjacent to an activating group) is 1. The van der Waals surface area contributed by atoms with Crippen molar-refractivity contribution in [2.24, 2.45) is 11.7 Å². The predicted octanol–water partition coefficient (Wildman–Crippen LogP) is 2.59. The number of unbranched alkanes of at least 4 members (excludes halogenated alkanes) is 1. The van der Waals surface area contributed by atoms with Gasteiger partial charge in [0, 0.05) is 29.7 Å². The summed E-state index contributed by atoms with van der Waals surface area (Å²) in [7, 11) is 0. The van der Waals surface area contributed by atoms with Crippen LogP contribution in [0.1, 0.15) is 64.6 Å². The highest BCUT2D eigenvalue weighted by Crippen LogP contribution is 2.07. The van der Waals surface area contributed by atoms with Gasteiger partial charge in [-0.1, -0.05) is 34.6 Å². The van der Waals surface area contributed by atoms with Crippen LogP contribution in [-0.2, 0) is 9.59 Å². The van der Waals surface area contributed by atoms with Crippen molar-refractivity contribution < 1.29 is 13.9 Å². The Morgan fingerprint density at radius 2 is 1.81 bits per heavy atom. The average molecular weight is 308 g/mol. The summed E-state index contributed by atoms with van der Waals surface area (Å²) in [6.07, 6.45) is 3.03. The highest BCUT2D eigenvalue weighted by Gasteiger charge is 2.19. The van der Waals surface area contributed by atoms with Crippen molar-refractivity contribution in [3.05, 3.63) is 0 Å². The first-order valence-electron chi connectivity index (χ1n) is 8.26. The molecule has 132 valence electrons. The summed E-state index contributed by atoms with van der Waals surface area (Å²) in [6, 6.07) is -0.0512. The summed E-state index contributed by atoms with van der Waals surface area (Å²) >= 11 is 0. The maximum absolute atomic E-state index is 11.9. The van der Waals surface area contributed by atoms with Crippen molar-refractivity contribution in [3.8, 4) is 0 Å². The molecule has 0 fully saturated rings. The number of nitrogens with two attached hydrogens (primary N) is 1. The van der Waals surface area contributed by atoms with E-state index in [2.05, 4.69) is 10.6 Å². The van der Waals surface area contributed by atoms with Gasteiger partial charge in [-0.05, 0) is 25.8 Å². The van der Waals surface area contributed by atoms with E-state index in [1.54, 1.807) is 0 Å². The van der Waals surface area contributed by atoms with Crippen LogP contribution in [0.25, 0.3) is 0 Å². The van der Waals surface area contributed by atoms with E-state index in [-0.39, 0.29) is 27.9 Å². The Kier molecular flexibility index (Phi) is 16.4. The molecule has 5 nitrogen and oxygen atoms in total. The molecule has 5 heteroatoms. The number of Topliss-reactive ketones (excluding diaryl/α,β-unsaturated/α-hetero) is 1. The number of carbonyl (C=O) groups is 2. The molecular formula is C16H41N3O2. The summed E-state index contributed by atoms with van der Waals surface area (Å²) < 4.78 is 0. The van der Waals surface area contributed by atoms with Crippen molar-refractivity contribution in [1.82, 2.24) is 10.6 Å². The minimum Gasteiger partial charge on any atom is -0.356 e. The molecule has 0 saturated carbocycles. The van der Waals surface area contributed by atoms with Gasteiger partial charge in [-0.3, -0.25) is 9.59 Å². The second kappa shape index (κ2) is 15.4. The summed E-state index contributed by atoms with van der Waals surface area (Å²) in [6.45, 7) is 11.7. The van der Waals surface area contributed by atoms with Gasteiger partial charge in [-0.2, -0.15) is 0 Å². The lowest BCUT2D eigenvalue weighted by Crippen LogP contribution is -2.39. The standard InChI is InChI=1S/C14H29N3O2.C2H6.3H2/c1-4-16-12(14(19)11(2)3)7-5-6-10-17-13(18)8-9-15;1-2;;;/h11-12,16H,4-10,15H2,1-3H3,(H,17,18);1-2H3;3*1H. The number of amides is 1. The van der Waals surface area contributed by atoms with E-state index in [9.17, 15) is 9.59 Å². The largest absolute Gasteiger partial charge is 0.356 e. The minimum atomic E-state index is -0.0512. The van der Waals surface area contributed by atoms with Crippen LogP contribution < -0.4 is 16.4 Å². The molecule has 0 aliphatic rings. The molecule has 0 rings (SSSR count). The fourth-order valence-electron chi connectivity index (χ4n) is 1.91. The Balaban J connectivity index is -0.000000231. The smallest absolute Gasteiger partial charge is 0.221 e. The molecule has 0 aliphatic heterocycles. The van der Waals surface area contributed by atoms with Gasteiger partial charge in [-0.15, -0.1) is 0 Å². The molecule has 0 aliphatic carbocycles. The predicted molar refractivity (Wildman–Crippen MR) is 95.5 cm³/mol. The first-order chi connectivity index (χ1) is 10.0. The van der Waals surface area contributed by atoms with Crippen LogP contribution in [0, 0.1) is 5.92 Å². The fourth-order valence-corrected chi connectivity index (χ4v) is 1.91. The van der Waals surface area contributed by atoms with Crippen LogP contribution in [0.3, 0.4) is 0 Å². The third kappa shape index (κ3) is 12.5. The summed E-state index contributed by atoms with van der Waals surface area (Å²) in [4.78, 5) is 23.1. The van der Waals surface area contributed by atoms with Crippen molar-refractivity contribution >= 4 is 11.7 Å². The summed E-state index contributed by atoms with van der Waals surface area (Å²) in [5.74, 6) is 0.339. The molecule has 0 aromatic rings. The monoisotopic (exact) mass is 307 g/mol.